The van der Waals surface area contributed by atoms with Crippen molar-refractivity contribution in [1.29, 1.82) is 5.26 Å². The molecule has 2 aromatic heterocycles. The van der Waals surface area contributed by atoms with Crippen molar-refractivity contribution < 1.29 is 4.79 Å². The third-order valence-corrected chi connectivity index (χ3v) is 11.0. The molecule has 3 aliphatic rings. The largest absolute Gasteiger partial charge is 0.341 e. The number of nitrogens with zero attached hydrogens (tertiary/aromatic N) is 4. The number of hydrogen-bond acceptors (Lipinski definition) is 5. The molecule has 4 heterocycles. The summed E-state index contributed by atoms with van der Waals surface area (Å²) in [4.78, 5) is 32.0. The highest BCUT2D eigenvalue weighted by Crippen LogP contribution is 2.58. The molecule has 1 amide bonds. The number of carbonyl (C=O) groups excluding carboxylic acids is 1. The number of nitriles is 1. The molecule has 2 aliphatic heterocycles. The summed E-state index contributed by atoms with van der Waals surface area (Å²) in [6.07, 6.45) is 8.01. The second-order valence-corrected chi connectivity index (χ2v) is 14.5. The molecule has 3 fully saturated rings. The summed E-state index contributed by atoms with van der Waals surface area (Å²) >= 11 is 0. The zero-order valence-electron chi connectivity index (χ0n) is 27.3. The molecule has 3 N–H and O–H groups in total. The zero-order chi connectivity index (χ0) is 32.3. The van der Waals surface area contributed by atoms with E-state index in [0.29, 0.717) is 17.9 Å². The second kappa shape index (κ2) is 11.5. The van der Waals surface area contributed by atoms with Crippen molar-refractivity contribution in [2.24, 2.45) is 23.2 Å². The van der Waals surface area contributed by atoms with Crippen LogP contribution in [0.25, 0.3) is 44.4 Å². The summed E-state index contributed by atoms with van der Waals surface area (Å²) in [6.45, 7) is 7.89. The van der Waals surface area contributed by atoms with Crippen LogP contribution in [0.1, 0.15) is 70.2 Å². The first kappa shape index (κ1) is 29.6. The molecule has 238 valence electrons. The molecule has 2 saturated heterocycles. The predicted molar refractivity (Wildman–Crippen MR) is 184 cm³/mol. The number of fused-ring (bicyclic) bond motifs is 1. The van der Waals surface area contributed by atoms with Gasteiger partial charge in [-0.15, -0.1) is 0 Å². The Balaban J connectivity index is 0.985. The van der Waals surface area contributed by atoms with Gasteiger partial charge in [-0.25, -0.2) is 9.97 Å². The van der Waals surface area contributed by atoms with Gasteiger partial charge in [-0.05, 0) is 76.6 Å². The topological polar surface area (TPSA) is 113 Å². The van der Waals surface area contributed by atoms with Crippen molar-refractivity contribution in [2.75, 3.05) is 13.1 Å². The fourth-order valence-electron chi connectivity index (χ4n) is 7.41. The number of rotatable bonds is 7. The van der Waals surface area contributed by atoms with Crippen LogP contribution in [0.15, 0.2) is 73.1 Å². The van der Waals surface area contributed by atoms with Crippen LogP contribution in [0.4, 0.5) is 0 Å². The van der Waals surface area contributed by atoms with E-state index in [1.807, 2.05) is 12.4 Å². The van der Waals surface area contributed by atoms with Gasteiger partial charge in [0.1, 0.15) is 11.6 Å². The highest BCUT2D eigenvalue weighted by Gasteiger charge is 2.54. The van der Waals surface area contributed by atoms with Gasteiger partial charge < -0.3 is 20.2 Å². The van der Waals surface area contributed by atoms with Crippen molar-refractivity contribution in [3.05, 3.63) is 84.7 Å². The van der Waals surface area contributed by atoms with Crippen LogP contribution in [0.3, 0.4) is 0 Å². The number of aromatic nitrogens is 4. The maximum absolute atomic E-state index is 13.5. The lowest BCUT2D eigenvalue weighted by molar-refractivity contribution is -0.137. The second-order valence-electron chi connectivity index (χ2n) is 14.5. The third kappa shape index (κ3) is 5.53. The molecule has 47 heavy (non-hydrogen) atoms. The number of carbonyl (C=O) groups is 1. The Hall–Kier alpha value is -4.74. The summed E-state index contributed by atoms with van der Waals surface area (Å²) < 4.78 is 0. The summed E-state index contributed by atoms with van der Waals surface area (Å²) in [6, 6.07) is 24.2. The maximum atomic E-state index is 13.5. The van der Waals surface area contributed by atoms with E-state index in [1.165, 1.54) is 29.2 Å². The minimum Gasteiger partial charge on any atom is -0.341 e. The van der Waals surface area contributed by atoms with E-state index in [0.717, 1.165) is 59.1 Å². The summed E-state index contributed by atoms with van der Waals surface area (Å²) in [5, 5.41) is 15.0. The molecule has 1 aliphatic carbocycles. The van der Waals surface area contributed by atoms with Gasteiger partial charge in [0.05, 0.1) is 47.9 Å². The molecule has 0 bridgehead atoms. The molecule has 0 radical (unpaired) electrons. The zero-order valence-corrected chi connectivity index (χ0v) is 27.3. The normalized spacial score (nSPS) is 22.3. The third-order valence-electron chi connectivity index (χ3n) is 11.0. The Morgan fingerprint density at radius 1 is 0.872 bits per heavy atom. The highest BCUT2D eigenvalue weighted by molar-refractivity contribution is 5.90. The Bertz CT molecular complexity index is 1990. The predicted octanol–water partition coefficient (Wildman–Crippen LogP) is 7.81. The molecule has 1 saturated carbocycles. The SMILES string of the molecule is CC(C)[C@H](C)C(=O)N1CC2(CC2)C[C@H]1c1ncc(-c2ccc3cc(-c4ccc(-c5cnc([C@@H]6C[C@H](C#N)CN6)[nH]5)cc4)ccc3c2)[nH]1. The van der Waals surface area contributed by atoms with Crippen LogP contribution in [-0.2, 0) is 4.79 Å². The maximum Gasteiger partial charge on any atom is 0.226 e. The first-order valence-corrected chi connectivity index (χ1v) is 17.0. The van der Waals surface area contributed by atoms with Crippen LogP contribution < -0.4 is 5.32 Å². The smallest absolute Gasteiger partial charge is 0.226 e. The lowest BCUT2D eigenvalue weighted by Crippen LogP contribution is -2.37. The lowest BCUT2D eigenvalue weighted by Gasteiger charge is -2.28. The first-order valence-electron chi connectivity index (χ1n) is 17.0. The molecule has 0 unspecified atom stereocenters. The first-order chi connectivity index (χ1) is 22.8. The van der Waals surface area contributed by atoms with Crippen molar-refractivity contribution in [3.8, 4) is 39.7 Å². The number of imidazole rings is 2. The Morgan fingerprint density at radius 2 is 1.49 bits per heavy atom. The minimum atomic E-state index is 0.00720. The van der Waals surface area contributed by atoms with Gasteiger partial charge >= 0.3 is 0 Å². The fraction of sp³-hybridized carbons (Fsp3) is 0.385. The Morgan fingerprint density at radius 3 is 2.17 bits per heavy atom. The van der Waals surface area contributed by atoms with Crippen molar-refractivity contribution in [1.82, 2.24) is 30.2 Å². The number of aromatic amines is 2. The van der Waals surface area contributed by atoms with Gasteiger partial charge in [-0.1, -0.05) is 69.3 Å². The molecular weight excluding hydrogens is 582 g/mol. The van der Waals surface area contributed by atoms with E-state index in [-0.39, 0.29) is 29.8 Å². The number of hydrogen-bond donors (Lipinski definition) is 3. The minimum absolute atomic E-state index is 0.00720. The number of likely N-dealkylation sites (tertiary alicyclic amines) is 1. The van der Waals surface area contributed by atoms with Crippen molar-refractivity contribution in [3.63, 3.8) is 0 Å². The number of H-pyrrole nitrogens is 2. The van der Waals surface area contributed by atoms with Gasteiger partial charge in [0.25, 0.3) is 0 Å². The summed E-state index contributed by atoms with van der Waals surface area (Å²) in [5.41, 5.74) is 6.75. The van der Waals surface area contributed by atoms with Gasteiger partial charge in [-0.2, -0.15) is 5.26 Å². The average Bonchev–Trinajstić information content (AvgIpc) is 3.62. The molecule has 3 aromatic carbocycles. The van der Waals surface area contributed by atoms with Gasteiger partial charge in [0.15, 0.2) is 0 Å². The van der Waals surface area contributed by atoms with Crippen molar-refractivity contribution >= 4 is 16.7 Å². The molecule has 5 aromatic rings. The number of nitrogens with one attached hydrogen (secondary N) is 3. The van der Waals surface area contributed by atoms with E-state index in [4.69, 9.17) is 4.98 Å². The monoisotopic (exact) mass is 623 g/mol. The molecule has 8 rings (SSSR count). The summed E-state index contributed by atoms with van der Waals surface area (Å²) in [5.74, 6) is 2.42. The number of benzene rings is 3. The molecule has 8 heteroatoms. The number of amides is 1. The van der Waals surface area contributed by atoms with Crippen LogP contribution in [0.2, 0.25) is 0 Å². The standard InChI is InChI=1S/C39H41N7O/c1-23(2)24(3)38(47)46-22-39(12-13-39)17-35(46)37-43-21-34(45-37)31-11-10-29-15-28(8-9-30(29)16-31)26-4-6-27(7-5-26)33-20-42-36(44-33)32-14-25(18-40)19-41-32/h4-11,15-16,20-21,23-25,32,35,41H,12-14,17,19,22H2,1-3H3,(H,42,44)(H,43,45)/t24-,25+,32-,35-/m0/s1. The van der Waals surface area contributed by atoms with Crippen LogP contribution in [0, 0.1) is 34.5 Å². The summed E-state index contributed by atoms with van der Waals surface area (Å²) in [7, 11) is 0. The van der Waals surface area contributed by atoms with Crippen LogP contribution >= 0.6 is 0 Å². The molecular formula is C39H41N7O. The lowest BCUT2D eigenvalue weighted by atomic mass is 9.96. The van der Waals surface area contributed by atoms with Crippen molar-refractivity contribution in [2.45, 2.75) is 58.5 Å². The fourth-order valence-corrected chi connectivity index (χ4v) is 7.41. The van der Waals surface area contributed by atoms with E-state index in [1.54, 1.807) is 0 Å². The van der Waals surface area contributed by atoms with E-state index in [9.17, 15) is 10.1 Å². The Kier molecular flexibility index (Phi) is 7.25. The highest BCUT2D eigenvalue weighted by atomic mass is 16.2. The van der Waals surface area contributed by atoms with Crippen LogP contribution in [-0.4, -0.2) is 43.8 Å². The van der Waals surface area contributed by atoms with E-state index < -0.39 is 0 Å². The average molecular weight is 624 g/mol. The Labute approximate surface area is 275 Å². The van der Waals surface area contributed by atoms with Gasteiger partial charge in [-0.3, -0.25) is 4.79 Å². The van der Waals surface area contributed by atoms with Crippen LogP contribution in [0.5, 0.6) is 0 Å². The van der Waals surface area contributed by atoms with Gasteiger partial charge in [0.2, 0.25) is 5.91 Å². The molecule has 1 spiro atoms. The molecule has 4 atom stereocenters. The quantitative estimate of drug-likeness (QED) is 0.171. The van der Waals surface area contributed by atoms with Gasteiger partial charge in [0, 0.05) is 24.6 Å². The van der Waals surface area contributed by atoms with E-state index in [2.05, 4.69) is 113 Å². The van der Waals surface area contributed by atoms with E-state index >= 15 is 0 Å². The molecule has 8 nitrogen and oxygen atoms in total.